The van der Waals surface area contributed by atoms with Crippen LogP contribution in [-0.4, -0.2) is 34.5 Å². The second kappa shape index (κ2) is 5.33. The van der Waals surface area contributed by atoms with E-state index < -0.39 is 0 Å². The Balaban J connectivity index is 1.67. The summed E-state index contributed by atoms with van der Waals surface area (Å²) in [6.45, 7) is 8.20. The highest BCUT2D eigenvalue weighted by molar-refractivity contribution is 5.74. The molecule has 3 nitrogen and oxygen atoms in total. The lowest BCUT2D eigenvalue weighted by Gasteiger charge is -2.16. The summed E-state index contributed by atoms with van der Waals surface area (Å²) in [6, 6.07) is 8.31. The standard InChI is InChI=1S/C16H23N3/c1-12(2)7-9-19-10-8-13(11-19)16-17-14-5-3-4-6-15(14)18-16/h3-6,12-13H,7-11H2,1-2H3,(H,17,18). The highest BCUT2D eigenvalue weighted by atomic mass is 15.2. The van der Waals surface area contributed by atoms with Crippen molar-refractivity contribution in [2.45, 2.75) is 32.6 Å². The molecule has 0 saturated carbocycles. The van der Waals surface area contributed by atoms with Gasteiger partial charge in [0, 0.05) is 12.5 Å². The molecule has 102 valence electrons. The number of hydrogen-bond donors (Lipinski definition) is 1. The van der Waals surface area contributed by atoms with E-state index in [1.165, 1.54) is 31.8 Å². The van der Waals surface area contributed by atoms with E-state index in [2.05, 4.69) is 48.0 Å². The van der Waals surface area contributed by atoms with Crippen LogP contribution in [0, 0.1) is 5.92 Å². The Morgan fingerprint density at radius 2 is 2.21 bits per heavy atom. The summed E-state index contributed by atoms with van der Waals surface area (Å²) in [4.78, 5) is 10.8. The summed E-state index contributed by atoms with van der Waals surface area (Å²) >= 11 is 0. The molecule has 1 saturated heterocycles. The summed E-state index contributed by atoms with van der Waals surface area (Å²) in [6.07, 6.45) is 2.53. The van der Waals surface area contributed by atoms with Crippen LogP contribution in [-0.2, 0) is 0 Å². The summed E-state index contributed by atoms with van der Waals surface area (Å²) in [5, 5.41) is 0. The third-order valence-corrected chi connectivity index (χ3v) is 4.09. The van der Waals surface area contributed by atoms with E-state index >= 15 is 0 Å². The second-order valence-electron chi connectivity index (χ2n) is 6.11. The number of para-hydroxylation sites is 2. The topological polar surface area (TPSA) is 31.9 Å². The number of H-pyrrole nitrogens is 1. The molecule has 3 rings (SSSR count). The van der Waals surface area contributed by atoms with Gasteiger partial charge >= 0.3 is 0 Å². The predicted molar refractivity (Wildman–Crippen MR) is 79.3 cm³/mol. The van der Waals surface area contributed by atoms with E-state index in [0.717, 1.165) is 23.5 Å². The van der Waals surface area contributed by atoms with Gasteiger partial charge in [-0.1, -0.05) is 26.0 Å². The zero-order chi connectivity index (χ0) is 13.2. The lowest BCUT2D eigenvalue weighted by molar-refractivity contribution is 0.309. The third-order valence-electron chi connectivity index (χ3n) is 4.09. The van der Waals surface area contributed by atoms with Crippen LogP contribution in [0.5, 0.6) is 0 Å². The first-order valence-corrected chi connectivity index (χ1v) is 7.39. The molecule has 1 fully saturated rings. The molecule has 1 aliphatic heterocycles. The maximum absolute atomic E-state index is 4.74. The number of hydrogen-bond acceptors (Lipinski definition) is 2. The minimum Gasteiger partial charge on any atom is -0.342 e. The van der Waals surface area contributed by atoms with Gasteiger partial charge in [0.15, 0.2) is 0 Å². The van der Waals surface area contributed by atoms with Crippen molar-refractivity contribution in [1.82, 2.24) is 14.9 Å². The molecule has 0 spiro atoms. The van der Waals surface area contributed by atoms with Crippen LogP contribution in [0.15, 0.2) is 24.3 Å². The van der Waals surface area contributed by atoms with Crippen molar-refractivity contribution in [3.8, 4) is 0 Å². The molecule has 0 aliphatic carbocycles. The van der Waals surface area contributed by atoms with Crippen molar-refractivity contribution >= 4 is 11.0 Å². The van der Waals surface area contributed by atoms with Crippen LogP contribution < -0.4 is 0 Å². The molecule has 19 heavy (non-hydrogen) atoms. The number of rotatable bonds is 4. The second-order valence-corrected chi connectivity index (χ2v) is 6.11. The molecule has 3 heteroatoms. The van der Waals surface area contributed by atoms with Crippen molar-refractivity contribution < 1.29 is 0 Å². The number of nitrogens with one attached hydrogen (secondary N) is 1. The summed E-state index contributed by atoms with van der Waals surface area (Å²) < 4.78 is 0. The average molecular weight is 257 g/mol. The number of imidazole rings is 1. The van der Waals surface area contributed by atoms with E-state index in [9.17, 15) is 0 Å². The number of nitrogens with zero attached hydrogens (tertiary/aromatic N) is 2. The highest BCUT2D eigenvalue weighted by Crippen LogP contribution is 2.27. The van der Waals surface area contributed by atoms with Crippen molar-refractivity contribution in [2.75, 3.05) is 19.6 Å². The van der Waals surface area contributed by atoms with Crippen LogP contribution >= 0.6 is 0 Å². The Kier molecular flexibility index (Phi) is 3.56. The maximum atomic E-state index is 4.74. The first kappa shape index (κ1) is 12.7. The van der Waals surface area contributed by atoms with Crippen LogP contribution in [0.4, 0.5) is 0 Å². The van der Waals surface area contributed by atoms with Crippen molar-refractivity contribution in [2.24, 2.45) is 5.92 Å². The quantitative estimate of drug-likeness (QED) is 0.910. The molecular formula is C16H23N3. The van der Waals surface area contributed by atoms with E-state index in [-0.39, 0.29) is 0 Å². The molecule has 1 atom stereocenters. The molecule has 2 aromatic rings. The van der Waals surface area contributed by atoms with E-state index in [1.54, 1.807) is 0 Å². The summed E-state index contributed by atoms with van der Waals surface area (Å²) in [7, 11) is 0. The molecule has 1 N–H and O–H groups in total. The van der Waals surface area contributed by atoms with Crippen LogP contribution in [0.25, 0.3) is 11.0 Å². The van der Waals surface area contributed by atoms with Gasteiger partial charge in [-0.3, -0.25) is 0 Å². The van der Waals surface area contributed by atoms with Gasteiger partial charge < -0.3 is 9.88 Å². The number of aromatic amines is 1. The highest BCUT2D eigenvalue weighted by Gasteiger charge is 2.25. The van der Waals surface area contributed by atoms with Crippen molar-refractivity contribution in [3.63, 3.8) is 0 Å². The van der Waals surface area contributed by atoms with Gasteiger partial charge in [-0.25, -0.2) is 4.98 Å². The molecule has 0 bridgehead atoms. The molecule has 0 radical (unpaired) electrons. The molecule has 1 aliphatic rings. The zero-order valence-corrected chi connectivity index (χ0v) is 11.9. The Hall–Kier alpha value is -1.35. The Morgan fingerprint density at radius 3 is 3.00 bits per heavy atom. The minimum atomic E-state index is 0.583. The van der Waals surface area contributed by atoms with Gasteiger partial charge in [0.25, 0.3) is 0 Å². The Bertz CT molecular complexity index is 511. The fourth-order valence-corrected chi connectivity index (χ4v) is 2.87. The first-order chi connectivity index (χ1) is 9.22. The van der Waals surface area contributed by atoms with Gasteiger partial charge in [0.05, 0.1) is 11.0 Å². The van der Waals surface area contributed by atoms with Crippen LogP contribution in [0.1, 0.15) is 38.4 Å². The van der Waals surface area contributed by atoms with E-state index in [0.29, 0.717) is 5.92 Å². The number of likely N-dealkylation sites (tertiary alicyclic amines) is 1. The molecule has 1 aromatic carbocycles. The van der Waals surface area contributed by atoms with Gasteiger partial charge in [-0.15, -0.1) is 0 Å². The SMILES string of the molecule is CC(C)CCN1CCC(c2nc3ccccc3[nH]2)C1. The minimum absolute atomic E-state index is 0.583. The molecule has 1 unspecified atom stereocenters. The fourth-order valence-electron chi connectivity index (χ4n) is 2.87. The molecular weight excluding hydrogens is 234 g/mol. The van der Waals surface area contributed by atoms with Gasteiger partial charge in [0.2, 0.25) is 0 Å². The van der Waals surface area contributed by atoms with Crippen molar-refractivity contribution in [1.29, 1.82) is 0 Å². The lowest BCUT2D eigenvalue weighted by atomic mass is 10.1. The maximum Gasteiger partial charge on any atom is 0.111 e. The molecule has 0 amide bonds. The number of fused-ring (bicyclic) bond motifs is 1. The monoisotopic (exact) mass is 257 g/mol. The Labute approximate surface area is 115 Å². The van der Waals surface area contributed by atoms with Gasteiger partial charge in [-0.2, -0.15) is 0 Å². The van der Waals surface area contributed by atoms with E-state index in [1.807, 2.05) is 0 Å². The predicted octanol–water partition coefficient (Wildman–Crippen LogP) is 3.40. The van der Waals surface area contributed by atoms with E-state index in [4.69, 9.17) is 4.98 Å². The largest absolute Gasteiger partial charge is 0.342 e. The lowest BCUT2D eigenvalue weighted by Crippen LogP contribution is -2.22. The summed E-state index contributed by atoms with van der Waals surface area (Å²) in [5.41, 5.74) is 2.26. The number of aromatic nitrogens is 2. The molecule has 2 heterocycles. The van der Waals surface area contributed by atoms with Gasteiger partial charge in [-0.05, 0) is 44.0 Å². The van der Waals surface area contributed by atoms with Crippen molar-refractivity contribution in [3.05, 3.63) is 30.1 Å². The average Bonchev–Trinajstić information content (AvgIpc) is 3.02. The normalized spacial score (nSPS) is 20.7. The number of benzene rings is 1. The third kappa shape index (κ3) is 2.81. The first-order valence-electron chi connectivity index (χ1n) is 7.39. The smallest absolute Gasteiger partial charge is 0.111 e. The van der Waals surface area contributed by atoms with Crippen LogP contribution in [0.3, 0.4) is 0 Å². The van der Waals surface area contributed by atoms with Crippen LogP contribution in [0.2, 0.25) is 0 Å². The van der Waals surface area contributed by atoms with Gasteiger partial charge in [0.1, 0.15) is 5.82 Å². The Morgan fingerprint density at radius 1 is 1.37 bits per heavy atom. The fraction of sp³-hybridized carbons (Fsp3) is 0.562. The molecule has 1 aromatic heterocycles. The summed E-state index contributed by atoms with van der Waals surface area (Å²) in [5.74, 6) is 2.55. The zero-order valence-electron chi connectivity index (χ0n) is 11.9.